The second kappa shape index (κ2) is 13.5. The Kier molecular flexibility index (Phi) is 11.0. The van der Waals surface area contributed by atoms with Crippen LogP contribution < -0.4 is 9.62 Å². The van der Waals surface area contributed by atoms with Gasteiger partial charge in [0.2, 0.25) is 21.8 Å². The molecule has 2 rings (SSSR count). The minimum Gasteiger partial charge on any atom is -0.354 e. The van der Waals surface area contributed by atoms with Crippen LogP contribution in [0.25, 0.3) is 0 Å². The molecule has 2 aromatic rings. The van der Waals surface area contributed by atoms with Crippen molar-refractivity contribution in [2.75, 3.05) is 30.2 Å². The summed E-state index contributed by atoms with van der Waals surface area (Å²) in [5, 5.41) is 2.82. The van der Waals surface area contributed by atoms with E-state index in [1.54, 1.807) is 6.92 Å². The number of unbranched alkanes of at least 4 members (excludes halogenated alkanes) is 1. The minimum atomic E-state index is -4.69. The Morgan fingerprint density at radius 1 is 1.03 bits per heavy atom. The van der Waals surface area contributed by atoms with E-state index >= 15 is 0 Å². The first kappa shape index (κ1) is 30.1. The monoisotopic (exact) mass is 541 g/mol. The summed E-state index contributed by atoms with van der Waals surface area (Å²) in [6, 6.07) is 12.2. The molecule has 2 aromatic carbocycles. The van der Waals surface area contributed by atoms with Gasteiger partial charge in [-0.05, 0) is 43.0 Å². The van der Waals surface area contributed by atoms with E-state index in [4.69, 9.17) is 0 Å². The van der Waals surface area contributed by atoms with Crippen LogP contribution in [0.5, 0.6) is 0 Å². The Hall–Kier alpha value is -3.08. The lowest BCUT2D eigenvalue weighted by molar-refractivity contribution is -0.139. The maximum absolute atomic E-state index is 13.5. The molecule has 0 heterocycles. The van der Waals surface area contributed by atoms with Crippen LogP contribution in [0, 0.1) is 0 Å². The number of amides is 2. The third-order valence-corrected chi connectivity index (χ3v) is 6.98. The molecule has 2 amide bonds. The summed E-state index contributed by atoms with van der Waals surface area (Å²) in [5.74, 6) is -1.04. The van der Waals surface area contributed by atoms with Gasteiger partial charge < -0.3 is 10.2 Å². The normalized spacial score (nSPS) is 12.6. The number of carbonyl (C=O) groups excluding carboxylic acids is 2. The lowest BCUT2D eigenvalue weighted by atomic mass is 10.1. The van der Waals surface area contributed by atoms with Crippen molar-refractivity contribution in [3.8, 4) is 0 Å². The highest BCUT2D eigenvalue weighted by molar-refractivity contribution is 7.92. The lowest BCUT2D eigenvalue weighted by Crippen LogP contribution is -2.53. The number of nitrogens with one attached hydrogen (secondary N) is 1. The highest BCUT2D eigenvalue weighted by Gasteiger charge is 2.34. The number of hydrogen-bond donors (Lipinski definition) is 1. The third-order valence-electron chi connectivity index (χ3n) is 5.84. The molecule has 0 unspecified atom stereocenters. The number of halogens is 3. The number of benzene rings is 2. The predicted molar refractivity (Wildman–Crippen MR) is 137 cm³/mol. The van der Waals surface area contributed by atoms with Crippen LogP contribution in [0.3, 0.4) is 0 Å². The molecule has 0 spiro atoms. The number of rotatable bonds is 13. The van der Waals surface area contributed by atoms with Gasteiger partial charge in [0.25, 0.3) is 0 Å². The molecule has 1 atom stereocenters. The minimum absolute atomic E-state index is 0.128. The van der Waals surface area contributed by atoms with Crippen LogP contribution in [0.4, 0.5) is 18.9 Å². The summed E-state index contributed by atoms with van der Waals surface area (Å²) in [6.07, 6.45) is -1.54. The van der Waals surface area contributed by atoms with Crippen molar-refractivity contribution in [2.45, 2.75) is 51.7 Å². The molecule has 0 saturated heterocycles. The fourth-order valence-corrected chi connectivity index (χ4v) is 4.69. The SMILES string of the molecule is CCCCNC(=O)[C@H](CC)N(CCc1ccccc1)C(=O)CN(c1cccc(C(F)(F)F)c1)S(C)(=O)=O. The summed E-state index contributed by atoms with van der Waals surface area (Å²) >= 11 is 0. The van der Waals surface area contributed by atoms with Gasteiger partial charge in [0.15, 0.2) is 0 Å². The molecule has 0 aliphatic heterocycles. The first-order chi connectivity index (χ1) is 17.4. The van der Waals surface area contributed by atoms with Crippen LogP contribution in [0.15, 0.2) is 54.6 Å². The Balaban J connectivity index is 2.38. The summed E-state index contributed by atoms with van der Waals surface area (Å²) in [7, 11) is -4.13. The van der Waals surface area contributed by atoms with Crippen LogP contribution in [0.2, 0.25) is 0 Å². The maximum atomic E-state index is 13.5. The van der Waals surface area contributed by atoms with Gasteiger partial charge in [0.05, 0.1) is 17.5 Å². The zero-order valence-corrected chi connectivity index (χ0v) is 22.1. The molecule has 0 aliphatic carbocycles. The molecular formula is C26H34F3N3O4S. The van der Waals surface area contributed by atoms with E-state index in [2.05, 4.69) is 5.32 Å². The molecule has 37 heavy (non-hydrogen) atoms. The zero-order valence-electron chi connectivity index (χ0n) is 21.3. The van der Waals surface area contributed by atoms with Gasteiger partial charge in [0.1, 0.15) is 12.6 Å². The largest absolute Gasteiger partial charge is 0.416 e. The van der Waals surface area contributed by atoms with Gasteiger partial charge >= 0.3 is 6.18 Å². The van der Waals surface area contributed by atoms with Crippen LogP contribution in [-0.2, 0) is 32.2 Å². The fraction of sp³-hybridized carbons (Fsp3) is 0.462. The molecule has 11 heteroatoms. The topological polar surface area (TPSA) is 86.8 Å². The van der Waals surface area contributed by atoms with E-state index in [0.717, 1.165) is 36.8 Å². The molecule has 7 nitrogen and oxygen atoms in total. The Morgan fingerprint density at radius 3 is 2.27 bits per heavy atom. The van der Waals surface area contributed by atoms with Crippen molar-refractivity contribution in [2.24, 2.45) is 0 Å². The van der Waals surface area contributed by atoms with E-state index in [9.17, 15) is 31.2 Å². The van der Waals surface area contributed by atoms with E-state index in [0.29, 0.717) is 23.3 Å². The van der Waals surface area contributed by atoms with Crippen molar-refractivity contribution in [3.05, 3.63) is 65.7 Å². The highest BCUT2D eigenvalue weighted by atomic mass is 32.2. The third kappa shape index (κ3) is 9.07. The molecule has 0 bridgehead atoms. The van der Waals surface area contributed by atoms with Crippen LogP contribution in [-0.4, -0.2) is 57.1 Å². The molecule has 0 fully saturated rings. The smallest absolute Gasteiger partial charge is 0.354 e. The molecule has 0 saturated carbocycles. The maximum Gasteiger partial charge on any atom is 0.416 e. The van der Waals surface area contributed by atoms with Crippen molar-refractivity contribution >= 4 is 27.5 Å². The second-order valence-electron chi connectivity index (χ2n) is 8.71. The Labute approximate surface area is 216 Å². The van der Waals surface area contributed by atoms with Crippen molar-refractivity contribution in [1.29, 1.82) is 0 Å². The predicted octanol–water partition coefficient (Wildman–Crippen LogP) is 4.24. The van der Waals surface area contributed by atoms with Gasteiger partial charge in [-0.1, -0.05) is 56.7 Å². The van der Waals surface area contributed by atoms with E-state index in [1.807, 2.05) is 37.3 Å². The Morgan fingerprint density at radius 2 is 1.70 bits per heavy atom. The number of nitrogens with zero attached hydrogens (tertiary/aromatic N) is 2. The number of anilines is 1. The van der Waals surface area contributed by atoms with Crippen LogP contribution >= 0.6 is 0 Å². The number of alkyl halides is 3. The zero-order chi connectivity index (χ0) is 27.6. The summed E-state index contributed by atoms with van der Waals surface area (Å²) in [6.45, 7) is 3.55. The average molecular weight is 542 g/mol. The van der Waals surface area contributed by atoms with E-state index < -0.39 is 40.3 Å². The van der Waals surface area contributed by atoms with Crippen molar-refractivity contribution < 1.29 is 31.2 Å². The van der Waals surface area contributed by atoms with E-state index in [1.165, 1.54) is 11.0 Å². The van der Waals surface area contributed by atoms with Crippen molar-refractivity contribution in [3.63, 3.8) is 0 Å². The molecular weight excluding hydrogens is 507 g/mol. The summed E-state index contributed by atoms with van der Waals surface area (Å²) in [5.41, 5.74) is -0.401. The number of carbonyl (C=O) groups is 2. The van der Waals surface area contributed by atoms with Gasteiger partial charge in [-0.25, -0.2) is 8.42 Å². The molecule has 0 aliphatic rings. The molecule has 0 aromatic heterocycles. The molecule has 0 radical (unpaired) electrons. The number of sulfonamides is 1. The van der Waals surface area contributed by atoms with Crippen molar-refractivity contribution in [1.82, 2.24) is 10.2 Å². The van der Waals surface area contributed by atoms with Gasteiger partial charge in [0, 0.05) is 13.1 Å². The average Bonchev–Trinajstić information content (AvgIpc) is 2.84. The van der Waals surface area contributed by atoms with Crippen LogP contribution in [0.1, 0.15) is 44.2 Å². The first-order valence-electron chi connectivity index (χ1n) is 12.1. The molecule has 204 valence electrons. The Bertz CT molecular complexity index is 1140. The van der Waals surface area contributed by atoms with Gasteiger partial charge in [-0.2, -0.15) is 13.2 Å². The van der Waals surface area contributed by atoms with Gasteiger partial charge in [-0.15, -0.1) is 0 Å². The fourth-order valence-electron chi connectivity index (χ4n) is 3.85. The van der Waals surface area contributed by atoms with Gasteiger partial charge in [-0.3, -0.25) is 13.9 Å². The molecule has 1 N–H and O–H groups in total. The summed E-state index contributed by atoms with van der Waals surface area (Å²) < 4.78 is 65.6. The number of hydrogen-bond acceptors (Lipinski definition) is 4. The lowest BCUT2D eigenvalue weighted by Gasteiger charge is -2.33. The van der Waals surface area contributed by atoms with E-state index in [-0.39, 0.29) is 24.6 Å². The quantitative estimate of drug-likeness (QED) is 0.385. The highest BCUT2D eigenvalue weighted by Crippen LogP contribution is 2.32. The second-order valence-corrected chi connectivity index (χ2v) is 10.6. The summed E-state index contributed by atoms with van der Waals surface area (Å²) in [4.78, 5) is 27.8. The standard InChI is InChI=1S/C26H34F3N3O4S/c1-4-6-16-30-25(34)23(5-2)31(17-15-20-11-8-7-9-12-20)24(33)19-32(37(3,35)36)22-14-10-13-21(18-22)26(27,28)29/h7-14,18,23H,4-6,15-17,19H2,1-3H3,(H,30,34)/t23-/m0/s1. The first-order valence-corrected chi connectivity index (χ1v) is 14.0.